The van der Waals surface area contributed by atoms with E-state index in [0.717, 1.165) is 11.1 Å². The van der Waals surface area contributed by atoms with Crippen LogP contribution in [-0.4, -0.2) is 24.3 Å². The first-order valence-corrected chi connectivity index (χ1v) is 9.66. The summed E-state index contributed by atoms with van der Waals surface area (Å²) in [5.74, 6) is 0.285. The lowest BCUT2D eigenvalue weighted by Crippen LogP contribution is -2.04. The number of carbonyl (C=O) groups excluding carboxylic acids is 1. The lowest BCUT2D eigenvalue weighted by atomic mass is 10.2. The van der Waals surface area contributed by atoms with Gasteiger partial charge in [-0.1, -0.05) is 41.9 Å². The molecule has 0 atom stereocenters. The molecule has 28 heavy (non-hydrogen) atoms. The summed E-state index contributed by atoms with van der Waals surface area (Å²) in [6.07, 6.45) is 1.77. The maximum Gasteiger partial charge on any atom is 0.311 e. The number of nitrogens with one attached hydrogen (secondary N) is 1. The van der Waals surface area contributed by atoms with Crippen LogP contribution in [0.5, 0.6) is 5.75 Å². The highest BCUT2D eigenvalue weighted by Gasteiger charge is 2.07. The molecule has 0 bridgehead atoms. The first-order chi connectivity index (χ1) is 13.6. The maximum atomic E-state index is 11.2. The Morgan fingerprint density at radius 1 is 1.29 bits per heavy atom. The van der Waals surface area contributed by atoms with E-state index in [1.165, 1.54) is 18.4 Å². The molecule has 0 aliphatic heterocycles. The van der Waals surface area contributed by atoms with E-state index < -0.39 is 0 Å². The van der Waals surface area contributed by atoms with Crippen molar-refractivity contribution in [1.29, 1.82) is 0 Å². The van der Waals surface area contributed by atoms with Crippen molar-refractivity contribution < 1.29 is 14.3 Å². The topological polar surface area (TPSA) is 72.8 Å². The van der Waals surface area contributed by atoms with Crippen LogP contribution in [0.3, 0.4) is 0 Å². The molecule has 144 valence electrons. The molecule has 3 aromatic rings. The molecule has 0 saturated carbocycles. The molecule has 0 saturated heterocycles. The molecule has 1 aromatic heterocycles. The van der Waals surface area contributed by atoms with Crippen LogP contribution in [0, 0.1) is 0 Å². The van der Waals surface area contributed by atoms with Crippen LogP contribution in [0.25, 0.3) is 0 Å². The first kappa shape index (κ1) is 19.9. The molecule has 0 unspecified atom stereocenters. The van der Waals surface area contributed by atoms with E-state index in [9.17, 15) is 4.79 Å². The number of aromatic nitrogens is 1. The van der Waals surface area contributed by atoms with E-state index in [2.05, 4.69) is 20.2 Å². The van der Waals surface area contributed by atoms with Gasteiger partial charge in [-0.05, 0) is 29.3 Å². The van der Waals surface area contributed by atoms with Crippen molar-refractivity contribution in [2.75, 3.05) is 12.5 Å². The minimum atomic E-state index is -0.329. The van der Waals surface area contributed by atoms with Crippen LogP contribution in [0.2, 0.25) is 5.02 Å². The van der Waals surface area contributed by atoms with E-state index in [0.29, 0.717) is 28.2 Å². The predicted octanol–water partition coefficient (Wildman–Crippen LogP) is 4.54. The molecule has 0 aliphatic rings. The molecule has 8 heteroatoms. The van der Waals surface area contributed by atoms with Crippen molar-refractivity contribution in [2.24, 2.45) is 5.10 Å². The Morgan fingerprint density at radius 2 is 2.11 bits per heavy atom. The molecule has 0 aliphatic carbocycles. The van der Waals surface area contributed by atoms with E-state index >= 15 is 0 Å². The zero-order valence-electron chi connectivity index (χ0n) is 15.1. The van der Waals surface area contributed by atoms with Crippen molar-refractivity contribution in [3.63, 3.8) is 0 Å². The summed E-state index contributed by atoms with van der Waals surface area (Å²) in [4.78, 5) is 15.5. The fraction of sp³-hybridized carbons (Fsp3) is 0.150. The first-order valence-electron chi connectivity index (χ1n) is 8.40. The number of anilines is 1. The van der Waals surface area contributed by atoms with Crippen molar-refractivity contribution in [3.05, 3.63) is 75.8 Å². The average Bonchev–Trinajstić information content (AvgIpc) is 3.15. The Kier molecular flexibility index (Phi) is 7.00. The van der Waals surface area contributed by atoms with Gasteiger partial charge >= 0.3 is 5.97 Å². The van der Waals surface area contributed by atoms with Crippen LogP contribution >= 0.6 is 22.9 Å². The Labute approximate surface area is 171 Å². The number of esters is 1. The highest BCUT2D eigenvalue weighted by atomic mass is 35.5. The van der Waals surface area contributed by atoms with Gasteiger partial charge in [-0.15, -0.1) is 11.3 Å². The van der Waals surface area contributed by atoms with E-state index in [1.54, 1.807) is 17.7 Å². The van der Waals surface area contributed by atoms with Gasteiger partial charge < -0.3 is 9.47 Å². The second kappa shape index (κ2) is 9.87. The number of thiazole rings is 1. The average molecular weight is 416 g/mol. The van der Waals surface area contributed by atoms with E-state index in [1.807, 2.05) is 42.5 Å². The maximum absolute atomic E-state index is 11.2. The Bertz CT molecular complexity index is 960. The van der Waals surface area contributed by atoms with Crippen molar-refractivity contribution in [1.82, 2.24) is 4.98 Å². The summed E-state index contributed by atoms with van der Waals surface area (Å²) in [5.41, 5.74) is 5.36. The lowest BCUT2D eigenvalue weighted by Gasteiger charge is -2.08. The number of carbonyl (C=O) groups is 1. The summed E-state index contributed by atoms with van der Waals surface area (Å²) in [5, 5.41) is 7.02. The predicted molar refractivity (Wildman–Crippen MR) is 111 cm³/mol. The van der Waals surface area contributed by atoms with Gasteiger partial charge in [0.1, 0.15) is 12.4 Å². The number of rotatable bonds is 8. The van der Waals surface area contributed by atoms with E-state index in [4.69, 9.17) is 16.3 Å². The van der Waals surface area contributed by atoms with Gasteiger partial charge in [0.05, 0.1) is 30.5 Å². The number of hydrazone groups is 1. The highest BCUT2D eigenvalue weighted by Crippen LogP contribution is 2.26. The molecule has 0 fully saturated rings. The minimum absolute atomic E-state index is 0.137. The summed E-state index contributed by atoms with van der Waals surface area (Å²) in [7, 11) is 1.35. The fourth-order valence-electron chi connectivity index (χ4n) is 2.27. The molecule has 1 N–H and O–H groups in total. The third kappa shape index (κ3) is 5.80. The van der Waals surface area contributed by atoms with E-state index in [-0.39, 0.29) is 12.4 Å². The van der Waals surface area contributed by atoms with Gasteiger partial charge in [-0.25, -0.2) is 4.98 Å². The third-order valence-corrected chi connectivity index (χ3v) is 4.76. The number of hydrogen-bond donors (Lipinski definition) is 1. The molecular formula is C20H18ClN3O3S. The molecule has 1 heterocycles. The van der Waals surface area contributed by atoms with Crippen LogP contribution in [0.1, 0.15) is 16.8 Å². The lowest BCUT2D eigenvalue weighted by molar-refractivity contribution is -0.139. The molecule has 0 amide bonds. The number of benzene rings is 2. The van der Waals surface area contributed by atoms with Crippen molar-refractivity contribution >= 4 is 40.3 Å². The Morgan fingerprint density at radius 3 is 2.86 bits per heavy atom. The number of methoxy groups -OCH3 is 1. The van der Waals surface area contributed by atoms with Crippen LogP contribution < -0.4 is 10.2 Å². The normalized spacial score (nSPS) is 10.8. The summed E-state index contributed by atoms with van der Waals surface area (Å²) in [6.45, 7) is 0.452. The second-order valence-electron chi connectivity index (χ2n) is 5.73. The van der Waals surface area contributed by atoms with Gasteiger partial charge in [0, 0.05) is 5.38 Å². The Balaban J connectivity index is 1.54. The number of nitrogens with zero attached hydrogens (tertiary/aromatic N) is 2. The van der Waals surface area contributed by atoms with Crippen LogP contribution in [-0.2, 0) is 22.6 Å². The monoisotopic (exact) mass is 415 g/mol. The highest BCUT2D eigenvalue weighted by molar-refractivity contribution is 7.13. The van der Waals surface area contributed by atoms with Gasteiger partial charge in [0.15, 0.2) is 0 Å². The SMILES string of the molecule is COC(=O)Cc1csc(N/N=C\c2ccc(OCc3ccccc3)c(Cl)c2)n1. The smallest absolute Gasteiger partial charge is 0.311 e. The van der Waals surface area contributed by atoms with Crippen LogP contribution in [0.4, 0.5) is 5.13 Å². The largest absolute Gasteiger partial charge is 0.487 e. The van der Waals surface area contributed by atoms with Crippen LogP contribution in [0.15, 0.2) is 59.0 Å². The molecule has 6 nitrogen and oxygen atoms in total. The zero-order valence-corrected chi connectivity index (χ0v) is 16.7. The standard InChI is InChI=1S/C20H18ClN3O3S/c1-26-19(25)10-16-13-28-20(23-16)24-22-11-15-7-8-18(17(21)9-15)27-12-14-5-3-2-4-6-14/h2-9,11,13H,10,12H2,1H3,(H,23,24)/b22-11-. The molecule has 0 radical (unpaired) electrons. The Hall–Kier alpha value is -2.90. The number of hydrogen-bond acceptors (Lipinski definition) is 7. The zero-order chi connectivity index (χ0) is 19.8. The van der Waals surface area contributed by atoms with Gasteiger partial charge in [-0.2, -0.15) is 5.10 Å². The van der Waals surface area contributed by atoms with Gasteiger partial charge in [-0.3, -0.25) is 10.2 Å². The fourth-order valence-corrected chi connectivity index (χ4v) is 3.17. The van der Waals surface area contributed by atoms with Gasteiger partial charge in [0.2, 0.25) is 5.13 Å². The minimum Gasteiger partial charge on any atom is -0.487 e. The third-order valence-electron chi connectivity index (χ3n) is 3.67. The number of halogens is 1. The quantitative estimate of drug-likeness (QED) is 0.332. The summed E-state index contributed by atoms with van der Waals surface area (Å²) < 4.78 is 10.4. The molecule has 3 rings (SSSR count). The summed E-state index contributed by atoms with van der Waals surface area (Å²) >= 11 is 7.65. The van der Waals surface area contributed by atoms with Crippen molar-refractivity contribution in [2.45, 2.75) is 13.0 Å². The molecule has 2 aromatic carbocycles. The number of ether oxygens (including phenoxy) is 2. The molecule has 0 spiro atoms. The van der Waals surface area contributed by atoms with Gasteiger partial charge in [0.25, 0.3) is 0 Å². The molecular weight excluding hydrogens is 398 g/mol. The van der Waals surface area contributed by atoms with Crippen molar-refractivity contribution in [3.8, 4) is 5.75 Å². The summed E-state index contributed by atoms with van der Waals surface area (Å²) in [6, 6.07) is 15.3. The second-order valence-corrected chi connectivity index (χ2v) is 7.00.